The number of hydrogen-bond acceptors (Lipinski definition) is 2. The van der Waals surface area contributed by atoms with Crippen LogP contribution >= 0.6 is 0 Å². The first-order valence-corrected chi connectivity index (χ1v) is 7.05. The molecule has 2 aliphatic heterocycles. The van der Waals surface area contributed by atoms with Crippen molar-refractivity contribution in [1.82, 2.24) is 10.2 Å². The zero-order chi connectivity index (χ0) is 15.0. The Hall–Kier alpha value is -1.56. The van der Waals surface area contributed by atoms with Crippen LogP contribution in [0.3, 0.4) is 0 Å². The molecule has 2 heterocycles. The van der Waals surface area contributed by atoms with Gasteiger partial charge in [-0.3, -0.25) is 9.69 Å². The van der Waals surface area contributed by atoms with E-state index in [1.807, 2.05) is 6.07 Å². The van der Waals surface area contributed by atoms with Crippen molar-refractivity contribution in [2.75, 3.05) is 13.1 Å². The van der Waals surface area contributed by atoms with Gasteiger partial charge in [0.05, 0.1) is 6.42 Å². The molecule has 0 saturated carbocycles. The summed E-state index contributed by atoms with van der Waals surface area (Å²) >= 11 is 0. The van der Waals surface area contributed by atoms with Gasteiger partial charge in [-0.1, -0.05) is 24.3 Å². The van der Waals surface area contributed by atoms with Crippen molar-refractivity contribution in [3.05, 3.63) is 35.4 Å². The van der Waals surface area contributed by atoms with E-state index >= 15 is 0 Å². The van der Waals surface area contributed by atoms with Crippen molar-refractivity contribution in [1.29, 1.82) is 0 Å². The molecule has 2 atom stereocenters. The SMILES string of the molecule is O=C1C[C@H]2CN(Cc3cccc(CC(F)(F)F)c3)C[C@H]2N1. The highest BCUT2D eigenvalue weighted by atomic mass is 19.4. The number of likely N-dealkylation sites (tertiary alicyclic amines) is 1. The van der Waals surface area contributed by atoms with E-state index in [-0.39, 0.29) is 11.9 Å². The third-order valence-electron chi connectivity index (χ3n) is 4.11. The first-order chi connectivity index (χ1) is 9.89. The average molecular weight is 298 g/mol. The standard InChI is InChI=1S/C15H17F3N2O/c16-15(17,18)6-10-2-1-3-11(4-10)7-20-8-12-5-14(21)19-13(12)9-20/h1-4,12-13H,5-9H2,(H,19,21)/t12-,13+/m0/s1. The quantitative estimate of drug-likeness (QED) is 0.927. The number of hydrogen-bond donors (Lipinski definition) is 1. The molecule has 1 N–H and O–H groups in total. The molecule has 0 bridgehead atoms. The highest BCUT2D eigenvalue weighted by Crippen LogP contribution is 2.27. The second kappa shape index (κ2) is 5.33. The fraction of sp³-hybridized carbons (Fsp3) is 0.533. The maximum Gasteiger partial charge on any atom is 0.393 e. The lowest BCUT2D eigenvalue weighted by molar-refractivity contribution is -0.127. The second-order valence-electron chi connectivity index (χ2n) is 5.94. The number of fused-ring (bicyclic) bond motifs is 1. The number of rotatable bonds is 3. The molecular weight excluding hydrogens is 281 g/mol. The van der Waals surface area contributed by atoms with Gasteiger partial charge in [-0.2, -0.15) is 13.2 Å². The molecule has 21 heavy (non-hydrogen) atoms. The lowest BCUT2D eigenvalue weighted by Crippen LogP contribution is -2.32. The average Bonchev–Trinajstić information content (AvgIpc) is 2.83. The summed E-state index contributed by atoms with van der Waals surface area (Å²) in [5.74, 6) is 0.452. The van der Waals surface area contributed by atoms with Gasteiger partial charge in [0.2, 0.25) is 5.91 Å². The van der Waals surface area contributed by atoms with Crippen LogP contribution in [0, 0.1) is 5.92 Å². The van der Waals surface area contributed by atoms with Crippen LogP contribution in [0.15, 0.2) is 24.3 Å². The summed E-state index contributed by atoms with van der Waals surface area (Å²) in [7, 11) is 0. The van der Waals surface area contributed by atoms with E-state index in [4.69, 9.17) is 0 Å². The minimum absolute atomic E-state index is 0.108. The van der Waals surface area contributed by atoms with Gasteiger partial charge in [0.15, 0.2) is 0 Å². The molecule has 3 rings (SSSR count). The van der Waals surface area contributed by atoms with Crippen LogP contribution < -0.4 is 5.32 Å². The topological polar surface area (TPSA) is 32.3 Å². The first kappa shape index (κ1) is 14.4. The van der Waals surface area contributed by atoms with Crippen molar-refractivity contribution in [3.63, 3.8) is 0 Å². The number of nitrogens with zero attached hydrogens (tertiary/aromatic N) is 1. The molecule has 1 aromatic carbocycles. The highest BCUT2D eigenvalue weighted by Gasteiger charge is 2.39. The normalized spacial score (nSPS) is 26.0. The molecule has 0 spiro atoms. The van der Waals surface area contributed by atoms with Crippen molar-refractivity contribution >= 4 is 5.91 Å². The van der Waals surface area contributed by atoms with Gasteiger partial charge in [-0.15, -0.1) is 0 Å². The van der Waals surface area contributed by atoms with Gasteiger partial charge in [0.25, 0.3) is 0 Å². The molecule has 0 aliphatic carbocycles. The minimum atomic E-state index is -4.17. The Morgan fingerprint density at radius 2 is 2.00 bits per heavy atom. The second-order valence-corrected chi connectivity index (χ2v) is 5.94. The van der Waals surface area contributed by atoms with Gasteiger partial charge in [0.1, 0.15) is 0 Å². The molecule has 114 valence electrons. The molecule has 0 unspecified atom stereocenters. The van der Waals surface area contributed by atoms with Gasteiger partial charge in [-0.25, -0.2) is 0 Å². The number of halogens is 3. The van der Waals surface area contributed by atoms with Gasteiger partial charge >= 0.3 is 6.18 Å². The molecule has 6 heteroatoms. The Morgan fingerprint density at radius 3 is 2.71 bits per heavy atom. The van der Waals surface area contributed by atoms with Crippen LogP contribution in [0.2, 0.25) is 0 Å². The van der Waals surface area contributed by atoms with E-state index in [2.05, 4.69) is 10.2 Å². The predicted octanol–water partition coefficient (Wildman–Crippen LogP) is 2.11. The van der Waals surface area contributed by atoms with Crippen LogP contribution in [0.4, 0.5) is 13.2 Å². The van der Waals surface area contributed by atoms with E-state index in [0.717, 1.165) is 18.7 Å². The lowest BCUT2D eigenvalue weighted by Gasteiger charge is -2.17. The summed E-state index contributed by atoms with van der Waals surface area (Å²) in [5.41, 5.74) is 1.19. The summed E-state index contributed by atoms with van der Waals surface area (Å²) < 4.78 is 37.3. The molecule has 2 fully saturated rings. The zero-order valence-corrected chi connectivity index (χ0v) is 11.5. The Kier molecular flexibility index (Phi) is 3.65. The fourth-order valence-electron chi connectivity index (χ4n) is 3.29. The van der Waals surface area contributed by atoms with E-state index in [9.17, 15) is 18.0 Å². The van der Waals surface area contributed by atoms with Crippen LogP contribution in [0.25, 0.3) is 0 Å². The summed E-state index contributed by atoms with van der Waals surface area (Å²) in [5, 5.41) is 2.94. The Balaban J connectivity index is 1.61. The smallest absolute Gasteiger partial charge is 0.352 e. The number of nitrogens with one attached hydrogen (secondary N) is 1. The maximum atomic E-state index is 12.4. The summed E-state index contributed by atoms with van der Waals surface area (Å²) in [6, 6.07) is 6.87. The first-order valence-electron chi connectivity index (χ1n) is 7.05. The fourth-order valence-corrected chi connectivity index (χ4v) is 3.29. The Labute approximate surface area is 121 Å². The van der Waals surface area contributed by atoms with Gasteiger partial charge < -0.3 is 5.32 Å². The van der Waals surface area contributed by atoms with Crippen molar-refractivity contribution in [2.24, 2.45) is 5.92 Å². The van der Waals surface area contributed by atoms with Gasteiger partial charge in [0, 0.05) is 38.0 Å². The largest absolute Gasteiger partial charge is 0.393 e. The number of amides is 1. The molecule has 3 nitrogen and oxygen atoms in total. The molecule has 0 radical (unpaired) electrons. The Bertz CT molecular complexity index is 528. The third kappa shape index (κ3) is 3.56. The van der Waals surface area contributed by atoms with E-state index in [0.29, 0.717) is 24.4 Å². The van der Waals surface area contributed by atoms with E-state index in [1.165, 1.54) is 6.07 Å². The van der Waals surface area contributed by atoms with Gasteiger partial charge in [-0.05, 0) is 11.1 Å². The molecule has 1 amide bonds. The molecule has 2 aliphatic rings. The van der Waals surface area contributed by atoms with Crippen molar-refractivity contribution in [2.45, 2.75) is 31.6 Å². The predicted molar refractivity (Wildman–Crippen MR) is 71.5 cm³/mol. The third-order valence-corrected chi connectivity index (χ3v) is 4.11. The molecule has 0 aromatic heterocycles. The minimum Gasteiger partial charge on any atom is -0.352 e. The van der Waals surface area contributed by atoms with Crippen LogP contribution in [0.1, 0.15) is 17.5 Å². The summed E-state index contributed by atoms with van der Waals surface area (Å²) in [6.07, 6.45) is -4.50. The molecule has 2 saturated heterocycles. The number of carbonyl (C=O) groups is 1. The number of carbonyl (C=O) groups excluding carboxylic acids is 1. The van der Waals surface area contributed by atoms with E-state index in [1.54, 1.807) is 12.1 Å². The number of benzene rings is 1. The zero-order valence-electron chi connectivity index (χ0n) is 11.5. The van der Waals surface area contributed by atoms with Crippen molar-refractivity contribution in [3.8, 4) is 0 Å². The highest BCUT2D eigenvalue weighted by molar-refractivity contribution is 5.79. The lowest BCUT2D eigenvalue weighted by atomic mass is 10.1. The van der Waals surface area contributed by atoms with Crippen LogP contribution in [-0.4, -0.2) is 36.1 Å². The van der Waals surface area contributed by atoms with Crippen molar-refractivity contribution < 1.29 is 18.0 Å². The number of alkyl halides is 3. The Morgan fingerprint density at radius 1 is 1.24 bits per heavy atom. The summed E-state index contributed by atoms with van der Waals surface area (Å²) in [4.78, 5) is 13.5. The monoisotopic (exact) mass is 298 g/mol. The maximum absolute atomic E-state index is 12.4. The van der Waals surface area contributed by atoms with Crippen LogP contribution in [-0.2, 0) is 17.8 Å². The molecule has 1 aromatic rings. The summed E-state index contributed by atoms with van der Waals surface area (Å²) in [6.45, 7) is 2.24. The van der Waals surface area contributed by atoms with E-state index < -0.39 is 12.6 Å². The molecular formula is C15H17F3N2O. The van der Waals surface area contributed by atoms with Crippen LogP contribution in [0.5, 0.6) is 0 Å².